The minimum absolute atomic E-state index is 0.120. The van der Waals surface area contributed by atoms with Gasteiger partial charge in [-0.15, -0.1) is 8.78 Å². The van der Waals surface area contributed by atoms with Crippen molar-refractivity contribution in [2.75, 3.05) is 49.5 Å². The van der Waals surface area contributed by atoms with Crippen molar-refractivity contribution in [3.05, 3.63) is 54.4 Å². The first kappa shape index (κ1) is 25.4. The van der Waals surface area contributed by atoms with Gasteiger partial charge in [0.2, 0.25) is 0 Å². The van der Waals surface area contributed by atoms with Gasteiger partial charge in [-0.05, 0) is 62.3 Å². The van der Waals surface area contributed by atoms with Crippen LogP contribution >= 0.6 is 11.6 Å². The molecule has 4 heterocycles. The van der Waals surface area contributed by atoms with Crippen molar-refractivity contribution >= 4 is 29.0 Å². The number of pyridine rings is 1. The van der Waals surface area contributed by atoms with E-state index < -0.39 is 5.57 Å². The Bertz CT molecular complexity index is 1190. The first-order valence-electron chi connectivity index (χ1n) is 12.2. The third-order valence-electron chi connectivity index (χ3n) is 6.70. The second-order valence-corrected chi connectivity index (χ2v) is 9.54. The highest BCUT2D eigenvalue weighted by Gasteiger charge is 2.28. The second kappa shape index (κ2) is 11.0. The number of carbonyl (C=O) groups is 1. The number of hydrogen-bond acceptors (Lipinski definition) is 7. The largest absolute Gasteiger partial charge is 0.487 e. The van der Waals surface area contributed by atoms with E-state index in [2.05, 4.69) is 40.4 Å². The third-order valence-corrected chi connectivity index (χ3v) is 6.78. The molecule has 0 unspecified atom stereocenters. The number of piperidine rings is 1. The van der Waals surface area contributed by atoms with Gasteiger partial charge in [-0.2, -0.15) is 5.10 Å². The summed E-state index contributed by atoms with van der Waals surface area (Å²) >= 11 is 4.79. The summed E-state index contributed by atoms with van der Waals surface area (Å²) in [5.74, 6) is 0.298. The maximum absolute atomic E-state index is 13.0. The van der Waals surface area contributed by atoms with Gasteiger partial charge in [-0.3, -0.25) is 14.8 Å². The van der Waals surface area contributed by atoms with E-state index in [4.69, 9.17) is 11.6 Å². The molecule has 2 aliphatic heterocycles. The molecule has 196 valence electrons. The fourth-order valence-corrected chi connectivity index (χ4v) is 4.94. The van der Waals surface area contributed by atoms with Crippen molar-refractivity contribution in [3.63, 3.8) is 0 Å². The molecule has 5 rings (SSSR count). The molecule has 0 saturated carbocycles. The summed E-state index contributed by atoms with van der Waals surface area (Å²) in [6.45, 7) is 5.76. The van der Waals surface area contributed by atoms with Gasteiger partial charge >= 0.3 is 5.57 Å². The molecule has 3 N–H and O–H groups in total. The highest BCUT2D eigenvalue weighted by Crippen LogP contribution is 2.30. The summed E-state index contributed by atoms with van der Waals surface area (Å²) in [5.41, 5.74) is -1.48. The molecule has 3 aromatic rings. The zero-order valence-electron chi connectivity index (χ0n) is 20.1. The van der Waals surface area contributed by atoms with Gasteiger partial charge in [-0.25, -0.2) is 4.98 Å². The molecule has 2 aromatic heterocycles. The van der Waals surface area contributed by atoms with Crippen LogP contribution in [-0.2, 0) is 0 Å². The maximum atomic E-state index is 13.0. The summed E-state index contributed by atoms with van der Waals surface area (Å²) in [4.78, 5) is 22.5. The van der Waals surface area contributed by atoms with E-state index in [0.29, 0.717) is 17.3 Å². The number of hydrogen-bond donors (Lipinski definition) is 3. The highest BCUT2D eigenvalue weighted by molar-refractivity contribution is 6.20. The van der Waals surface area contributed by atoms with E-state index in [1.54, 1.807) is 18.5 Å². The molecular weight excluding hydrogens is 504 g/mol. The average molecular weight is 532 g/mol. The average Bonchev–Trinajstić information content (AvgIpc) is 3.44. The van der Waals surface area contributed by atoms with Crippen LogP contribution in [0, 0.1) is 0 Å². The lowest BCUT2D eigenvalue weighted by Gasteiger charge is -2.41. The number of carbonyl (C=O) groups excluding carboxylic acids is 1. The Morgan fingerprint density at radius 3 is 2.49 bits per heavy atom. The second-order valence-electron chi connectivity index (χ2n) is 9.10. The smallest absolute Gasteiger partial charge is 0.420 e. The molecule has 37 heavy (non-hydrogen) atoms. The van der Waals surface area contributed by atoms with E-state index in [1.165, 1.54) is 37.1 Å². The van der Waals surface area contributed by atoms with Gasteiger partial charge < -0.3 is 20.3 Å². The number of rotatable bonds is 7. The molecule has 2 fully saturated rings. The van der Waals surface area contributed by atoms with Crippen LogP contribution in [0.25, 0.3) is 11.3 Å². The quantitative estimate of drug-likeness (QED) is 0.399. The molecule has 0 spiro atoms. The highest BCUT2D eigenvalue weighted by atomic mass is 35.5. The molecule has 1 amide bonds. The Morgan fingerprint density at radius 2 is 1.84 bits per heavy atom. The van der Waals surface area contributed by atoms with Crippen LogP contribution in [0.2, 0.25) is 0 Å². The van der Waals surface area contributed by atoms with E-state index in [9.17, 15) is 13.6 Å². The Morgan fingerprint density at radius 1 is 1.11 bits per heavy atom. The van der Waals surface area contributed by atoms with Gasteiger partial charge in [0.25, 0.3) is 5.91 Å². The lowest BCUT2D eigenvalue weighted by molar-refractivity contribution is -0.0964. The van der Waals surface area contributed by atoms with Gasteiger partial charge in [-0.1, -0.05) is 0 Å². The number of amides is 1. The Labute approximate surface area is 218 Å². The lowest BCUT2D eigenvalue weighted by Crippen LogP contribution is -2.53. The van der Waals surface area contributed by atoms with Gasteiger partial charge in [0.05, 0.1) is 11.3 Å². The van der Waals surface area contributed by atoms with E-state index in [0.717, 1.165) is 56.3 Å². The van der Waals surface area contributed by atoms with E-state index in [-0.39, 0.29) is 11.7 Å². The number of alkyl halides is 3. The zero-order valence-corrected chi connectivity index (χ0v) is 20.8. The fraction of sp³-hybridized carbons (Fsp3) is 0.400. The number of aromatic nitrogens is 3. The molecule has 1 aromatic carbocycles. The predicted octanol–water partition coefficient (Wildman–Crippen LogP) is 3.77. The van der Waals surface area contributed by atoms with Gasteiger partial charge in [0.1, 0.15) is 11.6 Å². The summed E-state index contributed by atoms with van der Waals surface area (Å²) in [6, 6.07) is 9.76. The van der Waals surface area contributed by atoms with Crippen LogP contribution in [0.4, 0.5) is 20.3 Å². The van der Waals surface area contributed by atoms with Crippen LogP contribution in [0.3, 0.4) is 0 Å². The lowest BCUT2D eigenvalue weighted by atomic mass is 10.0. The standard InChI is InChI=1S/C25H28ClF2N7O2/c26-25(27,28)37-20-3-1-18(2-4-20)32-24(36)17-15-21(22-7-10-31-33-22)23(30-16-17)35-13-11-34(12-14-35)19-5-8-29-9-6-19/h1-4,7,10,15-16,19,29H,5-6,8-9,11-14H2,(H,31,33)(H,32,36). The van der Waals surface area contributed by atoms with Crippen LogP contribution in [0.5, 0.6) is 5.75 Å². The number of halogens is 3. The fourth-order valence-electron chi connectivity index (χ4n) is 4.85. The zero-order chi connectivity index (χ0) is 25.8. The first-order chi connectivity index (χ1) is 17.9. The van der Waals surface area contributed by atoms with Gasteiger partial charge in [0.15, 0.2) is 0 Å². The van der Waals surface area contributed by atoms with E-state index in [1.807, 2.05) is 6.07 Å². The summed E-state index contributed by atoms with van der Waals surface area (Å²) in [6.07, 6.45) is 5.57. The van der Waals surface area contributed by atoms with Crippen molar-refractivity contribution < 1.29 is 18.3 Å². The number of anilines is 2. The van der Waals surface area contributed by atoms with Crippen molar-refractivity contribution in [1.82, 2.24) is 25.4 Å². The maximum Gasteiger partial charge on any atom is 0.487 e. The number of piperazine rings is 1. The molecule has 0 radical (unpaired) electrons. The summed E-state index contributed by atoms with van der Waals surface area (Å²) in [7, 11) is 0. The molecule has 0 atom stereocenters. The minimum Gasteiger partial charge on any atom is -0.420 e. The number of benzene rings is 1. The monoisotopic (exact) mass is 531 g/mol. The number of H-pyrrole nitrogens is 1. The Hall–Kier alpha value is -3.28. The van der Waals surface area contributed by atoms with E-state index >= 15 is 0 Å². The molecule has 12 heteroatoms. The third kappa shape index (κ3) is 6.35. The number of nitrogens with zero attached hydrogens (tertiary/aromatic N) is 4. The first-order valence-corrected chi connectivity index (χ1v) is 12.6. The Kier molecular flexibility index (Phi) is 7.54. The number of aromatic amines is 1. The van der Waals surface area contributed by atoms with Crippen molar-refractivity contribution in [1.29, 1.82) is 0 Å². The molecule has 2 aliphatic rings. The normalized spacial score (nSPS) is 17.5. The van der Waals surface area contributed by atoms with Crippen LogP contribution < -0.4 is 20.3 Å². The molecule has 0 aliphatic carbocycles. The summed E-state index contributed by atoms with van der Waals surface area (Å²) < 4.78 is 29.9. The molecular formula is C25H28ClF2N7O2. The molecule has 9 nitrogen and oxygen atoms in total. The SMILES string of the molecule is O=C(Nc1ccc(OC(F)(F)Cl)cc1)c1cnc(N2CCN(C3CCNCC3)CC2)c(-c2ccn[nH]2)c1. The van der Waals surface area contributed by atoms with Crippen LogP contribution in [0.15, 0.2) is 48.8 Å². The molecule has 2 saturated heterocycles. The number of ether oxygens (including phenoxy) is 1. The predicted molar refractivity (Wildman–Crippen MR) is 137 cm³/mol. The topological polar surface area (TPSA) is 98.4 Å². The number of nitrogens with one attached hydrogen (secondary N) is 3. The molecule has 0 bridgehead atoms. The Balaban J connectivity index is 1.30. The van der Waals surface area contributed by atoms with Gasteiger partial charge in [0, 0.05) is 67.5 Å². The summed E-state index contributed by atoms with van der Waals surface area (Å²) in [5, 5.41) is 13.2. The van der Waals surface area contributed by atoms with Crippen LogP contribution in [-0.4, -0.2) is 76.9 Å². The van der Waals surface area contributed by atoms with Crippen LogP contribution in [0.1, 0.15) is 23.2 Å². The minimum atomic E-state index is -3.80. The van der Waals surface area contributed by atoms with Crippen molar-refractivity contribution in [2.45, 2.75) is 24.5 Å². The van der Waals surface area contributed by atoms with Crippen molar-refractivity contribution in [3.8, 4) is 17.0 Å². The van der Waals surface area contributed by atoms with Crippen molar-refractivity contribution in [2.24, 2.45) is 0 Å².